The highest BCUT2D eigenvalue weighted by Crippen LogP contribution is 2.68. The first-order valence-corrected chi connectivity index (χ1v) is 23.8. The normalized spacial score (nSPS) is 30.7. The van der Waals surface area contributed by atoms with Crippen LogP contribution in [0.3, 0.4) is 0 Å². The van der Waals surface area contributed by atoms with Crippen LogP contribution < -0.4 is 10.6 Å². The highest BCUT2D eigenvalue weighted by atomic mass is 19.3. The van der Waals surface area contributed by atoms with Crippen LogP contribution in [0, 0.1) is 41.4 Å². The molecule has 1 aliphatic heterocycles. The molecule has 15 nitrogen and oxygen atoms in total. The Kier molecular flexibility index (Phi) is 11.6. The Balaban J connectivity index is 0.741. The Morgan fingerprint density at radius 2 is 1.29 bits per heavy atom. The van der Waals surface area contributed by atoms with Gasteiger partial charge in [0.25, 0.3) is 11.8 Å². The third-order valence-electron chi connectivity index (χ3n) is 16.3. The smallest absolute Gasteiger partial charge is 0.407 e. The number of alkyl halides is 4. The molecule has 5 saturated carbocycles. The Labute approximate surface area is 395 Å². The number of rotatable bonds is 15. The average molecular weight is 960 g/mol. The number of alkyl carbamates (subject to hydrolysis) is 2. The number of aliphatic hydroxyl groups is 1. The van der Waals surface area contributed by atoms with Gasteiger partial charge in [0.05, 0.1) is 37.3 Å². The molecular weight excluding hydrogens is 903 g/mol. The van der Waals surface area contributed by atoms with Crippen molar-refractivity contribution in [2.45, 2.75) is 119 Å². The summed E-state index contributed by atoms with van der Waals surface area (Å²) < 4.78 is 71.3. The number of aromatic amines is 2. The number of benzene rings is 2. The average Bonchev–Trinajstić information content (AvgIpc) is 3.86. The lowest BCUT2D eigenvalue weighted by molar-refractivity contribution is -0.162. The number of H-pyrrole nitrogens is 2. The highest BCUT2D eigenvalue weighted by Gasteiger charge is 2.76. The summed E-state index contributed by atoms with van der Waals surface area (Å²) in [5, 5.41) is 16.2. The van der Waals surface area contributed by atoms with Crippen LogP contribution in [0.4, 0.5) is 27.2 Å². The van der Waals surface area contributed by atoms with Crippen LogP contribution >= 0.6 is 0 Å². The van der Waals surface area contributed by atoms with Gasteiger partial charge >= 0.3 is 18.2 Å². The molecule has 0 radical (unpaired) electrons. The van der Waals surface area contributed by atoms with Crippen molar-refractivity contribution in [2.75, 3.05) is 14.2 Å². The minimum atomic E-state index is -2.89. The molecule has 2 aromatic heterocycles. The summed E-state index contributed by atoms with van der Waals surface area (Å²) in [7, 11) is 2.32. The van der Waals surface area contributed by atoms with Crippen molar-refractivity contribution >= 4 is 24.1 Å². The van der Waals surface area contributed by atoms with Gasteiger partial charge in [-0.2, -0.15) is 0 Å². The number of halogens is 4. The molecular formula is C50H57F4N7O8. The Morgan fingerprint density at radius 3 is 1.88 bits per heavy atom. The molecule has 3 amide bonds. The number of methoxy groups -OCH3 is 2. The Morgan fingerprint density at radius 1 is 0.754 bits per heavy atom. The van der Waals surface area contributed by atoms with Crippen molar-refractivity contribution in [3.05, 3.63) is 72.6 Å². The summed E-state index contributed by atoms with van der Waals surface area (Å²) in [6, 6.07) is 13.2. The number of amides is 3. The highest BCUT2D eigenvalue weighted by molar-refractivity contribution is 5.87. The summed E-state index contributed by atoms with van der Waals surface area (Å²) in [6.45, 7) is 5.62. The van der Waals surface area contributed by atoms with Crippen molar-refractivity contribution < 1.29 is 56.1 Å². The van der Waals surface area contributed by atoms with Crippen LogP contribution in [0.5, 0.6) is 0 Å². The van der Waals surface area contributed by atoms with Gasteiger partial charge in [0.1, 0.15) is 23.8 Å². The number of carbonyl (C=O) groups excluding carboxylic acids is 4. The largest absolute Gasteiger partial charge is 0.461 e. The van der Waals surface area contributed by atoms with E-state index in [0.29, 0.717) is 23.9 Å². The van der Waals surface area contributed by atoms with E-state index in [0.717, 1.165) is 53.7 Å². The number of imidazole rings is 2. The van der Waals surface area contributed by atoms with Crippen molar-refractivity contribution in [2.24, 2.45) is 41.4 Å². The van der Waals surface area contributed by atoms with Gasteiger partial charge in [0.2, 0.25) is 5.91 Å². The molecule has 368 valence electrons. The van der Waals surface area contributed by atoms with Crippen LogP contribution in [0.2, 0.25) is 0 Å². The number of nitrogens with zero attached hydrogens (tertiary/aromatic N) is 3. The van der Waals surface area contributed by atoms with E-state index in [1.54, 1.807) is 6.92 Å². The molecule has 1 saturated heterocycles. The second-order valence-electron chi connectivity index (χ2n) is 20.5. The predicted molar refractivity (Wildman–Crippen MR) is 240 cm³/mol. The van der Waals surface area contributed by atoms with E-state index in [9.17, 15) is 41.8 Å². The zero-order chi connectivity index (χ0) is 48.9. The van der Waals surface area contributed by atoms with Crippen molar-refractivity contribution in [3.8, 4) is 33.6 Å². The number of esters is 1. The molecule has 5 aliphatic carbocycles. The number of piperidine rings is 1. The number of nitrogens with one attached hydrogen (secondary N) is 4. The molecule has 2 aromatic carbocycles. The SMILES string of the molecule is COC(=O)NC(C(=O)N1[C@@H]2C[C@@H]2C[C@H]1c1nc(-c2ccc(-c3ccc(-c4c[nH]c([C@@H](C)C[C@@H](C)[C@@H](C)OC(=O)C(NC(=O)OC)[C@]5(O)C[C@@H]6[C@H](C5)C6(F)F)n4)cc3)cc2)c[nH]1)[C@@H]1C[C@@H]2[C@H](C1)C2(F)F. The van der Waals surface area contributed by atoms with Crippen LogP contribution in [-0.4, -0.2) is 110 Å². The van der Waals surface area contributed by atoms with Gasteiger partial charge in [-0.3, -0.25) is 4.79 Å². The number of hydrogen-bond donors (Lipinski definition) is 5. The third-order valence-corrected chi connectivity index (χ3v) is 16.3. The molecule has 0 bridgehead atoms. The van der Waals surface area contributed by atoms with Gasteiger partial charge in [-0.1, -0.05) is 62.4 Å². The fourth-order valence-electron chi connectivity index (χ4n) is 11.8. The topological polar surface area (TPSA) is 201 Å². The quantitative estimate of drug-likeness (QED) is 0.0442. The monoisotopic (exact) mass is 959 g/mol. The second-order valence-corrected chi connectivity index (χ2v) is 20.5. The standard InChI is InChI=1S/C50H57F4N7O8/c1-23(25(3)69-45(63)41(60-47(65)68-5)48(66)19-34-35(20-48)50(34,53)54)14-24(2)42-55-21-36(57-42)28-10-6-26(7-11-28)27-8-12-29(13-9-27)37-22-56-43(58-37)39-18-30-17-38(30)61(39)44(62)40(59-46(64)67-4)31-15-32-33(16-31)49(32,51)52/h6-13,21-25,30-35,38-41,66H,14-20H2,1-5H3,(H,55,57)(H,56,58)(H,59,64)(H,60,65)/t23-,24+,25-,30-,31-,32-,33+,34-,35+,38-,39+,40?,41?,48+/m1/s1. The first kappa shape index (κ1) is 46.7. The molecule has 4 aromatic rings. The molecule has 3 heterocycles. The summed E-state index contributed by atoms with van der Waals surface area (Å²) in [5.74, 6) is -9.30. The van der Waals surface area contributed by atoms with E-state index in [1.807, 2.05) is 79.7 Å². The van der Waals surface area contributed by atoms with Crippen molar-refractivity contribution in [1.82, 2.24) is 35.5 Å². The summed E-state index contributed by atoms with van der Waals surface area (Å²) in [5.41, 5.74) is 3.34. The predicted octanol–water partition coefficient (Wildman–Crippen LogP) is 8.00. The fraction of sp³-hybridized carbons (Fsp3) is 0.560. The van der Waals surface area contributed by atoms with E-state index in [1.165, 1.54) is 7.11 Å². The van der Waals surface area contributed by atoms with E-state index >= 15 is 0 Å². The number of fused-ring (bicyclic) bond motifs is 3. The van der Waals surface area contributed by atoms with Gasteiger partial charge in [0, 0.05) is 59.2 Å². The molecule has 2 unspecified atom stereocenters. The van der Waals surface area contributed by atoms with Gasteiger partial charge < -0.3 is 44.8 Å². The second kappa shape index (κ2) is 17.2. The maximum atomic E-state index is 14.2. The molecule has 5 N–H and O–H groups in total. The summed E-state index contributed by atoms with van der Waals surface area (Å²) in [4.78, 5) is 70.2. The summed E-state index contributed by atoms with van der Waals surface area (Å²) >= 11 is 0. The molecule has 69 heavy (non-hydrogen) atoms. The van der Waals surface area contributed by atoms with Crippen molar-refractivity contribution in [3.63, 3.8) is 0 Å². The third kappa shape index (κ3) is 8.51. The van der Waals surface area contributed by atoms with E-state index in [4.69, 9.17) is 19.4 Å². The van der Waals surface area contributed by atoms with Crippen LogP contribution in [0.15, 0.2) is 60.9 Å². The zero-order valence-corrected chi connectivity index (χ0v) is 38.9. The first-order chi connectivity index (χ1) is 32.8. The maximum absolute atomic E-state index is 14.2. The molecule has 14 atom stereocenters. The van der Waals surface area contributed by atoms with Crippen LogP contribution in [-0.2, 0) is 23.8 Å². The minimum Gasteiger partial charge on any atom is -0.461 e. The molecule has 6 fully saturated rings. The number of likely N-dealkylation sites (tertiary alicyclic amines) is 1. The number of ether oxygens (including phenoxy) is 3. The Hall–Kier alpha value is -5.98. The van der Waals surface area contributed by atoms with Gasteiger partial charge in [-0.05, 0) is 80.8 Å². The van der Waals surface area contributed by atoms with Gasteiger partial charge in [-0.15, -0.1) is 0 Å². The van der Waals surface area contributed by atoms with Gasteiger partial charge in [-0.25, -0.2) is 41.9 Å². The number of aromatic nitrogens is 4. The maximum Gasteiger partial charge on any atom is 0.407 e. The molecule has 19 heteroatoms. The molecule has 6 aliphatic rings. The molecule has 0 spiro atoms. The van der Waals surface area contributed by atoms with Gasteiger partial charge in [0.15, 0.2) is 6.04 Å². The van der Waals surface area contributed by atoms with Crippen LogP contribution in [0.1, 0.15) is 89.3 Å². The van der Waals surface area contributed by atoms with Crippen molar-refractivity contribution in [1.29, 1.82) is 0 Å². The zero-order valence-electron chi connectivity index (χ0n) is 38.9. The number of hydrogen-bond acceptors (Lipinski definition) is 10. The first-order valence-electron chi connectivity index (χ1n) is 23.8. The molecule has 10 rings (SSSR count). The van der Waals surface area contributed by atoms with E-state index in [-0.39, 0.29) is 55.5 Å². The summed E-state index contributed by atoms with van der Waals surface area (Å²) in [6.07, 6.45) is 3.11. The van der Waals surface area contributed by atoms with E-state index < -0.39 is 83.4 Å². The Bertz CT molecular complexity index is 2600. The van der Waals surface area contributed by atoms with Crippen LogP contribution in [0.25, 0.3) is 33.6 Å². The lowest BCUT2D eigenvalue weighted by Crippen LogP contribution is -2.58. The number of carbonyl (C=O) groups is 4. The van der Waals surface area contributed by atoms with E-state index in [2.05, 4.69) is 25.3 Å². The minimum absolute atomic E-state index is 0.0126. The lowest BCUT2D eigenvalue weighted by atomic mass is 9.88. The lowest BCUT2D eigenvalue weighted by Gasteiger charge is -2.34. The fourth-order valence-corrected chi connectivity index (χ4v) is 11.8.